The average molecular weight is 326 g/mol. The molecule has 1 fully saturated rings. The number of anilines is 1. The summed E-state index contributed by atoms with van der Waals surface area (Å²) < 4.78 is 0. The lowest BCUT2D eigenvalue weighted by atomic mass is 10.1. The van der Waals surface area contributed by atoms with Crippen molar-refractivity contribution in [3.63, 3.8) is 0 Å². The number of likely N-dealkylation sites (N-methyl/N-ethyl adjacent to an activating group) is 1. The molecule has 1 aliphatic rings. The zero-order valence-electron chi connectivity index (χ0n) is 15.0. The standard InChI is InChI=1S/C20H30N4/c1-3-4-11-21-20-10-9-19(22-20)18-7-5-17(6-8-18)16-24-14-12-23(2)13-15-24/h5-10,21-22H,3-4,11-16H2,1-2H3. The minimum absolute atomic E-state index is 1.03. The average Bonchev–Trinajstić information content (AvgIpc) is 3.07. The molecule has 0 bridgehead atoms. The van der Waals surface area contributed by atoms with Gasteiger partial charge in [-0.15, -0.1) is 0 Å². The van der Waals surface area contributed by atoms with E-state index in [4.69, 9.17) is 0 Å². The van der Waals surface area contributed by atoms with Gasteiger partial charge in [0.05, 0.1) is 0 Å². The van der Waals surface area contributed by atoms with E-state index in [2.05, 4.69) is 70.5 Å². The SMILES string of the molecule is CCCCNc1ccc(-c2ccc(CN3CCN(C)CC3)cc2)[nH]1. The Kier molecular flexibility index (Phi) is 5.94. The molecule has 1 aliphatic heterocycles. The smallest absolute Gasteiger partial charge is 0.103 e. The number of aromatic amines is 1. The van der Waals surface area contributed by atoms with Gasteiger partial charge in [-0.3, -0.25) is 4.90 Å². The third-order valence-electron chi connectivity index (χ3n) is 4.80. The Hall–Kier alpha value is -1.78. The van der Waals surface area contributed by atoms with Gasteiger partial charge in [0, 0.05) is 45.0 Å². The number of benzene rings is 1. The van der Waals surface area contributed by atoms with E-state index in [0.717, 1.165) is 18.9 Å². The van der Waals surface area contributed by atoms with Gasteiger partial charge in [-0.1, -0.05) is 37.6 Å². The second-order valence-corrected chi connectivity index (χ2v) is 6.84. The van der Waals surface area contributed by atoms with Gasteiger partial charge in [-0.2, -0.15) is 0 Å². The highest BCUT2D eigenvalue weighted by molar-refractivity contribution is 5.63. The number of H-pyrrole nitrogens is 1. The van der Waals surface area contributed by atoms with Crippen molar-refractivity contribution in [1.29, 1.82) is 0 Å². The highest BCUT2D eigenvalue weighted by Crippen LogP contribution is 2.21. The first-order chi connectivity index (χ1) is 11.7. The molecule has 0 atom stereocenters. The van der Waals surface area contributed by atoms with Gasteiger partial charge >= 0.3 is 0 Å². The lowest BCUT2D eigenvalue weighted by molar-refractivity contribution is 0.148. The maximum absolute atomic E-state index is 3.47. The summed E-state index contributed by atoms with van der Waals surface area (Å²) in [5, 5.41) is 3.44. The molecule has 2 aromatic rings. The Balaban J connectivity index is 1.56. The van der Waals surface area contributed by atoms with Gasteiger partial charge in [0.15, 0.2) is 0 Å². The van der Waals surface area contributed by atoms with Gasteiger partial charge < -0.3 is 15.2 Å². The van der Waals surface area contributed by atoms with Crippen molar-refractivity contribution in [3.05, 3.63) is 42.0 Å². The Labute approximate surface area is 145 Å². The molecule has 24 heavy (non-hydrogen) atoms. The fourth-order valence-corrected chi connectivity index (χ4v) is 3.12. The van der Waals surface area contributed by atoms with E-state index in [1.807, 2.05) is 0 Å². The van der Waals surface area contributed by atoms with E-state index in [9.17, 15) is 0 Å². The molecule has 0 radical (unpaired) electrons. The van der Waals surface area contributed by atoms with E-state index in [-0.39, 0.29) is 0 Å². The van der Waals surface area contributed by atoms with Crippen LogP contribution < -0.4 is 5.32 Å². The Morgan fingerprint density at radius 2 is 1.75 bits per heavy atom. The molecule has 0 aliphatic carbocycles. The fraction of sp³-hybridized carbons (Fsp3) is 0.500. The first-order valence-electron chi connectivity index (χ1n) is 9.17. The molecule has 2 N–H and O–H groups in total. The fourth-order valence-electron chi connectivity index (χ4n) is 3.12. The summed E-state index contributed by atoms with van der Waals surface area (Å²) in [6.45, 7) is 8.99. The lowest BCUT2D eigenvalue weighted by Crippen LogP contribution is -2.43. The third kappa shape index (κ3) is 4.62. The molecule has 2 heterocycles. The van der Waals surface area contributed by atoms with Crippen LogP contribution in [0, 0.1) is 0 Å². The Morgan fingerprint density at radius 3 is 2.46 bits per heavy atom. The molecule has 3 rings (SSSR count). The molecule has 1 aromatic carbocycles. The number of nitrogens with zero attached hydrogens (tertiary/aromatic N) is 2. The van der Waals surface area contributed by atoms with Crippen molar-refractivity contribution in [2.24, 2.45) is 0 Å². The summed E-state index contributed by atoms with van der Waals surface area (Å²) in [5.41, 5.74) is 3.83. The second kappa shape index (κ2) is 8.36. The van der Waals surface area contributed by atoms with Crippen LogP contribution >= 0.6 is 0 Å². The maximum Gasteiger partial charge on any atom is 0.103 e. The number of piperazine rings is 1. The Bertz CT molecular complexity index is 609. The molecule has 0 saturated carbocycles. The summed E-state index contributed by atoms with van der Waals surface area (Å²) >= 11 is 0. The van der Waals surface area contributed by atoms with Crippen molar-refractivity contribution in [1.82, 2.24) is 14.8 Å². The number of unbranched alkanes of at least 4 members (excludes halogenated alkanes) is 1. The van der Waals surface area contributed by atoms with Crippen molar-refractivity contribution in [3.8, 4) is 11.3 Å². The molecule has 4 nitrogen and oxygen atoms in total. The van der Waals surface area contributed by atoms with Crippen LogP contribution in [0.2, 0.25) is 0 Å². The van der Waals surface area contributed by atoms with Crippen LogP contribution in [-0.2, 0) is 6.54 Å². The monoisotopic (exact) mass is 326 g/mol. The molecular weight excluding hydrogens is 296 g/mol. The van der Waals surface area contributed by atoms with E-state index in [1.165, 1.54) is 55.8 Å². The summed E-state index contributed by atoms with van der Waals surface area (Å²) in [6, 6.07) is 13.3. The third-order valence-corrected chi connectivity index (χ3v) is 4.80. The molecule has 4 heteroatoms. The van der Waals surface area contributed by atoms with Gasteiger partial charge in [0.25, 0.3) is 0 Å². The van der Waals surface area contributed by atoms with E-state index in [1.54, 1.807) is 0 Å². The molecule has 0 spiro atoms. The van der Waals surface area contributed by atoms with Gasteiger partial charge in [0.1, 0.15) is 5.82 Å². The molecule has 0 unspecified atom stereocenters. The summed E-state index contributed by atoms with van der Waals surface area (Å²) in [6.07, 6.45) is 2.42. The van der Waals surface area contributed by atoms with E-state index in [0.29, 0.717) is 0 Å². The van der Waals surface area contributed by atoms with Crippen LogP contribution in [0.1, 0.15) is 25.3 Å². The molecular formula is C20H30N4. The van der Waals surface area contributed by atoms with Crippen molar-refractivity contribution in [2.45, 2.75) is 26.3 Å². The van der Waals surface area contributed by atoms with Crippen LogP contribution in [0.15, 0.2) is 36.4 Å². The van der Waals surface area contributed by atoms with Crippen LogP contribution in [0.5, 0.6) is 0 Å². The molecule has 130 valence electrons. The molecule has 1 saturated heterocycles. The lowest BCUT2D eigenvalue weighted by Gasteiger charge is -2.32. The molecule has 1 aromatic heterocycles. The topological polar surface area (TPSA) is 34.3 Å². The van der Waals surface area contributed by atoms with Gasteiger partial charge in [-0.25, -0.2) is 0 Å². The highest BCUT2D eigenvalue weighted by atomic mass is 15.2. The van der Waals surface area contributed by atoms with E-state index < -0.39 is 0 Å². The second-order valence-electron chi connectivity index (χ2n) is 6.84. The first-order valence-corrected chi connectivity index (χ1v) is 9.17. The van der Waals surface area contributed by atoms with Crippen molar-refractivity contribution >= 4 is 5.82 Å². The number of hydrogen-bond acceptors (Lipinski definition) is 3. The van der Waals surface area contributed by atoms with Crippen LogP contribution in [0.3, 0.4) is 0 Å². The minimum Gasteiger partial charge on any atom is -0.372 e. The summed E-state index contributed by atoms with van der Waals surface area (Å²) in [4.78, 5) is 8.41. The first kappa shape index (κ1) is 17.1. The predicted molar refractivity (Wildman–Crippen MR) is 102 cm³/mol. The van der Waals surface area contributed by atoms with Crippen molar-refractivity contribution in [2.75, 3.05) is 45.1 Å². The van der Waals surface area contributed by atoms with Crippen molar-refractivity contribution < 1.29 is 0 Å². The van der Waals surface area contributed by atoms with Crippen LogP contribution in [0.25, 0.3) is 11.3 Å². The zero-order chi connectivity index (χ0) is 16.8. The number of hydrogen-bond donors (Lipinski definition) is 2. The molecule has 0 amide bonds. The van der Waals surface area contributed by atoms with Gasteiger partial charge in [-0.05, 0) is 36.7 Å². The van der Waals surface area contributed by atoms with Crippen LogP contribution in [-0.4, -0.2) is 54.6 Å². The van der Waals surface area contributed by atoms with Crippen LogP contribution in [0.4, 0.5) is 5.82 Å². The quantitative estimate of drug-likeness (QED) is 0.762. The summed E-state index contributed by atoms with van der Waals surface area (Å²) in [5.74, 6) is 1.11. The zero-order valence-corrected chi connectivity index (χ0v) is 15.0. The Morgan fingerprint density at radius 1 is 1.00 bits per heavy atom. The highest BCUT2D eigenvalue weighted by Gasteiger charge is 2.13. The number of aromatic nitrogens is 1. The number of nitrogens with one attached hydrogen (secondary N) is 2. The largest absolute Gasteiger partial charge is 0.372 e. The van der Waals surface area contributed by atoms with E-state index >= 15 is 0 Å². The minimum atomic E-state index is 1.03. The van der Waals surface area contributed by atoms with Gasteiger partial charge in [0.2, 0.25) is 0 Å². The predicted octanol–water partition coefficient (Wildman–Crippen LogP) is 3.64. The normalized spacial score (nSPS) is 16.4. The maximum atomic E-state index is 3.47. The number of rotatable bonds is 7. The summed E-state index contributed by atoms with van der Waals surface area (Å²) in [7, 11) is 2.20.